The Bertz CT molecular complexity index is 1390. The van der Waals surface area contributed by atoms with Crippen LogP contribution in [-0.4, -0.2) is 35.7 Å². The molecule has 3 heterocycles. The Balaban J connectivity index is 1.42. The molecule has 1 N–H and O–H groups in total. The van der Waals surface area contributed by atoms with Crippen LogP contribution in [0.1, 0.15) is 27.3 Å². The van der Waals surface area contributed by atoms with Gasteiger partial charge in [0.05, 0.1) is 16.8 Å². The second-order valence-electron chi connectivity index (χ2n) is 7.43. The molecule has 0 aliphatic heterocycles. The Kier molecular flexibility index (Phi) is 4.47. The number of imidazole rings is 1. The predicted molar refractivity (Wildman–Crippen MR) is 120 cm³/mol. The Labute approximate surface area is 177 Å². The number of nitrogens with one attached hydrogen (secondary N) is 1. The summed E-state index contributed by atoms with van der Waals surface area (Å²) in [5.41, 5.74) is 6.93. The number of fused-ring (bicyclic) bond motifs is 3. The van der Waals surface area contributed by atoms with E-state index in [1.54, 1.807) is 0 Å². The van der Waals surface area contributed by atoms with Crippen molar-refractivity contribution in [2.45, 2.75) is 25.9 Å². The highest BCUT2D eigenvalue weighted by Gasteiger charge is 2.19. The van der Waals surface area contributed by atoms with Crippen molar-refractivity contribution in [3.05, 3.63) is 77.1 Å². The van der Waals surface area contributed by atoms with Crippen LogP contribution in [-0.2, 0) is 0 Å². The van der Waals surface area contributed by atoms with Gasteiger partial charge in [0.15, 0.2) is 10.9 Å². The fourth-order valence-corrected chi connectivity index (χ4v) is 4.72. The number of carbonyl (C=O) groups excluding carboxylic acids is 1. The molecular weight excluding hydrogens is 394 g/mol. The molecule has 6 nitrogen and oxygen atoms in total. The van der Waals surface area contributed by atoms with Crippen LogP contribution >= 0.6 is 11.8 Å². The van der Waals surface area contributed by atoms with Gasteiger partial charge in [-0.2, -0.15) is 0 Å². The molecule has 7 heteroatoms. The molecule has 0 bridgehead atoms. The summed E-state index contributed by atoms with van der Waals surface area (Å²) in [5, 5.41) is 8.05. The third-order valence-corrected chi connectivity index (χ3v) is 6.30. The highest BCUT2D eigenvalue weighted by molar-refractivity contribution is 7.99. The number of thioether (sulfide) groups is 1. The molecule has 150 valence electrons. The van der Waals surface area contributed by atoms with E-state index < -0.39 is 0 Å². The van der Waals surface area contributed by atoms with Gasteiger partial charge in [-0.15, -0.1) is 5.10 Å². The van der Waals surface area contributed by atoms with Gasteiger partial charge in [0.1, 0.15) is 0 Å². The summed E-state index contributed by atoms with van der Waals surface area (Å²) in [4.78, 5) is 17.6. The van der Waals surface area contributed by atoms with Gasteiger partial charge in [-0.05, 0) is 51.1 Å². The van der Waals surface area contributed by atoms with Crippen molar-refractivity contribution < 1.29 is 4.79 Å². The van der Waals surface area contributed by atoms with Gasteiger partial charge in [0.2, 0.25) is 5.78 Å². The van der Waals surface area contributed by atoms with Crippen LogP contribution in [0.3, 0.4) is 0 Å². The molecule has 0 spiro atoms. The van der Waals surface area contributed by atoms with Gasteiger partial charge in [-0.25, -0.2) is 10.1 Å². The van der Waals surface area contributed by atoms with Crippen LogP contribution in [0.2, 0.25) is 0 Å². The maximum atomic E-state index is 13.1. The summed E-state index contributed by atoms with van der Waals surface area (Å²) >= 11 is 1.42. The van der Waals surface area contributed by atoms with Gasteiger partial charge in [0, 0.05) is 22.6 Å². The smallest absolute Gasteiger partial charge is 0.231 e. The number of carbonyl (C=O) groups is 1. The van der Waals surface area contributed by atoms with E-state index in [0.717, 1.165) is 38.8 Å². The third-order valence-electron chi connectivity index (χ3n) is 5.36. The first-order chi connectivity index (χ1) is 14.5. The molecule has 0 unspecified atom stereocenters. The van der Waals surface area contributed by atoms with Crippen molar-refractivity contribution in [1.29, 1.82) is 0 Å². The first-order valence-electron chi connectivity index (χ1n) is 9.76. The number of rotatable bonds is 5. The zero-order chi connectivity index (χ0) is 20.8. The van der Waals surface area contributed by atoms with Crippen LogP contribution in [0.15, 0.2) is 59.8 Å². The Hall–Kier alpha value is -3.32. The predicted octanol–water partition coefficient (Wildman–Crippen LogP) is 4.90. The lowest BCUT2D eigenvalue weighted by Crippen LogP contribution is -2.06. The van der Waals surface area contributed by atoms with E-state index in [2.05, 4.69) is 50.9 Å². The lowest BCUT2D eigenvalue weighted by atomic mass is 10.2. The molecule has 2 aromatic carbocycles. The monoisotopic (exact) mass is 415 g/mol. The number of benzene rings is 2. The molecule has 0 saturated heterocycles. The minimum atomic E-state index is 0.0898. The standard InChI is InChI=1S/C23H21N5OS/c1-14-8-10-17(11-9-14)27-15(2)12-18(16(27)3)21(29)13-30-23-26-25-22-24-19-6-4-5-7-20(19)28(22)23/h4-12H,13H2,1-3H3,(H,24,25). The minimum Gasteiger partial charge on any atom is -0.318 e. The second kappa shape index (κ2) is 7.18. The summed E-state index contributed by atoms with van der Waals surface area (Å²) in [7, 11) is 0. The van der Waals surface area contributed by atoms with E-state index >= 15 is 0 Å². The highest BCUT2D eigenvalue weighted by atomic mass is 32.2. The van der Waals surface area contributed by atoms with Crippen LogP contribution < -0.4 is 0 Å². The van der Waals surface area contributed by atoms with Crippen molar-refractivity contribution in [1.82, 2.24) is 24.1 Å². The Morgan fingerprint density at radius 3 is 2.63 bits per heavy atom. The number of aryl methyl sites for hydroxylation is 2. The van der Waals surface area contributed by atoms with Crippen LogP contribution in [0.25, 0.3) is 22.5 Å². The van der Waals surface area contributed by atoms with Gasteiger partial charge >= 0.3 is 0 Å². The van der Waals surface area contributed by atoms with Crippen LogP contribution in [0.4, 0.5) is 0 Å². The number of H-pyrrole nitrogens is 1. The summed E-state index contributed by atoms with van der Waals surface area (Å²) in [5.74, 6) is 1.08. The highest BCUT2D eigenvalue weighted by Crippen LogP contribution is 2.26. The fourth-order valence-electron chi connectivity index (χ4n) is 3.88. The van der Waals surface area contributed by atoms with E-state index in [-0.39, 0.29) is 5.78 Å². The van der Waals surface area contributed by atoms with Gasteiger partial charge in [0.25, 0.3) is 0 Å². The lowest BCUT2D eigenvalue weighted by molar-refractivity contribution is 0.102. The zero-order valence-electron chi connectivity index (χ0n) is 17.0. The number of para-hydroxylation sites is 2. The third kappa shape index (κ3) is 3.02. The SMILES string of the molecule is Cc1ccc(-n2c(C)cc(C(=O)CSc3n[nH]c4nc5ccccc5n34)c2C)cc1. The zero-order valence-corrected chi connectivity index (χ0v) is 17.8. The van der Waals surface area contributed by atoms with E-state index in [1.165, 1.54) is 17.3 Å². The number of aromatic amines is 1. The normalized spacial score (nSPS) is 11.6. The van der Waals surface area contributed by atoms with Crippen LogP contribution in [0.5, 0.6) is 0 Å². The molecule has 0 atom stereocenters. The van der Waals surface area contributed by atoms with Gasteiger partial charge < -0.3 is 4.57 Å². The molecule has 5 aromatic rings. The van der Waals surface area contributed by atoms with Crippen molar-refractivity contribution in [3.63, 3.8) is 0 Å². The summed E-state index contributed by atoms with van der Waals surface area (Å²) in [6, 6.07) is 18.2. The quantitative estimate of drug-likeness (QED) is 0.327. The Morgan fingerprint density at radius 2 is 1.83 bits per heavy atom. The molecule has 0 aliphatic carbocycles. The van der Waals surface area contributed by atoms with E-state index in [4.69, 9.17) is 0 Å². The lowest BCUT2D eigenvalue weighted by Gasteiger charge is -2.10. The summed E-state index contributed by atoms with van der Waals surface area (Å²) < 4.78 is 4.09. The van der Waals surface area contributed by atoms with Crippen molar-refractivity contribution in [2.24, 2.45) is 0 Å². The maximum absolute atomic E-state index is 13.1. The van der Waals surface area contributed by atoms with Crippen molar-refractivity contribution in [2.75, 3.05) is 5.75 Å². The number of Topliss-reactive ketones (excluding diaryl/α,β-unsaturated/α-hetero) is 1. The minimum absolute atomic E-state index is 0.0898. The second-order valence-corrected chi connectivity index (χ2v) is 8.38. The number of nitrogens with zero attached hydrogens (tertiary/aromatic N) is 4. The number of hydrogen-bond acceptors (Lipinski definition) is 4. The van der Waals surface area contributed by atoms with Gasteiger partial charge in [-0.3, -0.25) is 9.20 Å². The van der Waals surface area contributed by atoms with E-state index in [1.807, 2.05) is 48.6 Å². The van der Waals surface area contributed by atoms with Gasteiger partial charge in [-0.1, -0.05) is 41.6 Å². The average Bonchev–Trinajstić information content (AvgIpc) is 3.39. The maximum Gasteiger partial charge on any atom is 0.231 e. The molecule has 3 aromatic heterocycles. The number of ketones is 1. The van der Waals surface area contributed by atoms with E-state index in [0.29, 0.717) is 11.5 Å². The molecule has 0 saturated carbocycles. The summed E-state index contributed by atoms with van der Waals surface area (Å²) in [6.07, 6.45) is 0. The van der Waals surface area contributed by atoms with Crippen LogP contribution in [0, 0.1) is 20.8 Å². The molecule has 0 amide bonds. The number of hydrogen-bond donors (Lipinski definition) is 1. The molecular formula is C23H21N5OS. The first-order valence-corrected chi connectivity index (χ1v) is 10.7. The first kappa shape index (κ1) is 18.7. The fraction of sp³-hybridized carbons (Fsp3) is 0.174. The Morgan fingerprint density at radius 1 is 1.07 bits per heavy atom. The largest absolute Gasteiger partial charge is 0.318 e. The molecule has 0 fully saturated rings. The van der Waals surface area contributed by atoms with Crippen molar-refractivity contribution in [3.8, 4) is 5.69 Å². The molecule has 0 aliphatic rings. The summed E-state index contributed by atoms with van der Waals surface area (Å²) in [6.45, 7) is 6.10. The molecule has 30 heavy (non-hydrogen) atoms. The number of aromatic nitrogens is 5. The molecule has 0 radical (unpaired) electrons. The van der Waals surface area contributed by atoms with Crippen molar-refractivity contribution >= 4 is 34.4 Å². The topological polar surface area (TPSA) is 68.0 Å². The molecule has 5 rings (SSSR count). The van der Waals surface area contributed by atoms with E-state index in [9.17, 15) is 4.79 Å². The average molecular weight is 416 g/mol.